The lowest BCUT2D eigenvalue weighted by Gasteiger charge is -2.33. The number of ether oxygens (including phenoxy) is 1. The van der Waals surface area contributed by atoms with Crippen molar-refractivity contribution in [1.29, 1.82) is 0 Å². The zero-order chi connectivity index (χ0) is 24.8. The molecule has 2 heterocycles. The van der Waals surface area contributed by atoms with Gasteiger partial charge in [0.05, 0.1) is 23.7 Å². The number of morpholine rings is 1. The monoisotopic (exact) mass is 504 g/mol. The number of nitrogens with zero attached hydrogens (tertiary/aromatic N) is 2. The van der Waals surface area contributed by atoms with Crippen LogP contribution in [0.3, 0.4) is 0 Å². The highest BCUT2D eigenvalue weighted by molar-refractivity contribution is 7.92. The summed E-state index contributed by atoms with van der Waals surface area (Å²) in [6.45, 7) is 8.20. The number of rotatable bonds is 8. The summed E-state index contributed by atoms with van der Waals surface area (Å²) in [5.74, 6) is -0.117. The minimum Gasteiger partial charge on any atom is -0.379 e. The highest BCUT2D eigenvalue weighted by atomic mass is 32.2. The predicted octanol–water partition coefficient (Wildman–Crippen LogP) is 2.92. The Hall–Kier alpha value is -2.69. The maximum atomic E-state index is 13.2. The van der Waals surface area contributed by atoms with Crippen molar-refractivity contribution in [1.82, 2.24) is 10.2 Å². The fourth-order valence-electron chi connectivity index (χ4n) is 4.38. The van der Waals surface area contributed by atoms with Gasteiger partial charge in [0.1, 0.15) is 5.82 Å². The van der Waals surface area contributed by atoms with Crippen LogP contribution in [0.2, 0.25) is 0 Å². The van der Waals surface area contributed by atoms with E-state index < -0.39 is 15.8 Å². The van der Waals surface area contributed by atoms with Gasteiger partial charge >= 0.3 is 0 Å². The summed E-state index contributed by atoms with van der Waals surface area (Å²) in [6, 6.07) is 9.66. The van der Waals surface area contributed by atoms with Gasteiger partial charge in [-0.1, -0.05) is 6.92 Å². The Balaban J connectivity index is 1.53. The molecule has 190 valence electrons. The molecule has 2 aromatic carbocycles. The summed E-state index contributed by atoms with van der Waals surface area (Å²) in [4.78, 5) is 17.6. The Morgan fingerprint density at radius 3 is 2.43 bits per heavy atom. The second-order valence-electron chi connectivity index (χ2n) is 9.17. The number of halogens is 1. The van der Waals surface area contributed by atoms with Gasteiger partial charge in [-0.3, -0.25) is 14.4 Å². The van der Waals surface area contributed by atoms with Gasteiger partial charge in [0, 0.05) is 50.6 Å². The maximum Gasteiger partial charge on any atom is 0.261 e. The summed E-state index contributed by atoms with van der Waals surface area (Å²) >= 11 is 0. The van der Waals surface area contributed by atoms with E-state index in [1.165, 1.54) is 12.1 Å². The molecule has 0 atom stereocenters. The summed E-state index contributed by atoms with van der Waals surface area (Å²) in [5, 5.41) is 3.00. The van der Waals surface area contributed by atoms with Gasteiger partial charge in [-0.05, 0) is 61.2 Å². The van der Waals surface area contributed by atoms with Crippen molar-refractivity contribution in [3.63, 3.8) is 0 Å². The molecule has 0 radical (unpaired) electrons. The number of sulfonamides is 1. The topological polar surface area (TPSA) is 91.0 Å². The van der Waals surface area contributed by atoms with Crippen LogP contribution in [0.25, 0.3) is 0 Å². The number of amides is 1. The Bertz CT molecular complexity index is 1110. The molecule has 2 aliphatic heterocycles. The van der Waals surface area contributed by atoms with Crippen LogP contribution in [0.4, 0.5) is 15.8 Å². The van der Waals surface area contributed by atoms with Crippen molar-refractivity contribution >= 4 is 27.3 Å². The van der Waals surface area contributed by atoms with Crippen LogP contribution in [0, 0.1) is 11.7 Å². The SMILES string of the molecule is CC1CCN(c2ccc(NS(=O)(=O)c3ccc(F)cc3)cc2C(=O)NCCN2CCOCC2)CC1. The lowest BCUT2D eigenvalue weighted by molar-refractivity contribution is 0.0383. The van der Waals surface area contributed by atoms with E-state index in [0.717, 1.165) is 63.4 Å². The molecule has 0 aliphatic carbocycles. The molecule has 1 amide bonds. The van der Waals surface area contributed by atoms with Crippen LogP contribution in [0.15, 0.2) is 47.4 Å². The lowest BCUT2D eigenvalue weighted by Crippen LogP contribution is -2.41. The number of nitrogens with one attached hydrogen (secondary N) is 2. The smallest absolute Gasteiger partial charge is 0.261 e. The number of carbonyl (C=O) groups is 1. The highest BCUT2D eigenvalue weighted by Crippen LogP contribution is 2.29. The van der Waals surface area contributed by atoms with Crippen LogP contribution < -0.4 is 14.9 Å². The van der Waals surface area contributed by atoms with E-state index in [4.69, 9.17) is 4.74 Å². The maximum absolute atomic E-state index is 13.2. The highest BCUT2D eigenvalue weighted by Gasteiger charge is 2.23. The van der Waals surface area contributed by atoms with E-state index in [-0.39, 0.29) is 16.5 Å². The minimum atomic E-state index is -3.93. The van der Waals surface area contributed by atoms with E-state index in [2.05, 4.69) is 26.8 Å². The van der Waals surface area contributed by atoms with Crippen LogP contribution in [-0.4, -0.2) is 71.7 Å². The average molecular weight is 505 g/mol. The number of piperidine rings is 1. The molecule has 2 saturated heterocycles. The van der Waals surface area contributed by atoms with Gasteiger partial charge in [0.15, 0.2) is 0 Å². The first-order valence-electron chi connectivity index (χ1n) is 12.1. The standard InChI is InChI=1S/C25H33FN4O4S/c1-19-8-11-30(12-9-19)24-7-4-21(28-35(32,33)22-5-2-20(26)3-6-22)18-23(24)25(31)27-10-13-29-14-16-34-17-15-29/h2-7,18-19,28H,8-17H2,1H3,(H,27,31). The fourth-order valence-corrected chi connectivity index (χ4v) is 5.43. The molecular weight excluding hydrogens is 471 g/mol. The van der Waals surface area contributed by atoms with Crippen molar-refractivity contribution in [3.8, 4) is 0 Å². The van der Waals surface area contributed by atoms with Gasteiger partial charge in [0.2, 0.25) is 0 Å². The van der Waals surface area contributed by atoms with E-state index in [1.54, 1.807) is 18.2 Å². The van der Waals surface area contributed by atoms with Crippen molar-refractivity contribution in [2.45, 2.75) is 24.7 Å². The largest absolute Gasteiger partial charge is 0.379 e. The Morgan fingerprint density at radius 2 is 1.74 bits per heavy atom. The molecular formula is C25H33FN4O4S. The molecule has 2 N–H and O–H groups in total. The third-order valence-electron chi connectivity index (χ3n) is 6.56. The Kier molecular flexibility index (Phi) is 8.25. The van der Waals surface area contributed by atoms with Crippen molar-refractivity contribution in [3.05, 3.63) is 53.8 Å². The molecule has 0 aromatic heterocycles. The number of hydrogen-bond donors (Lipinski definition) is 2. The zero-order valence-corrected chi connectivity index (χ0v) is 20.8. The quantitative estimate of drug-likeness (QED) is 0.575. The summed E-state index contributed by atoms with van der Waals surface area (Å²) in [7, 11) is -3.93. The molecule has 10 heteroatoms. The van der Waals surface area contributed by atoms with Crippen LogP contribution in [0.1, 0.15) is 30.1 Å². The lowest BCUT2D eigenvalue weighted by atomic mass is 9.98. The molecule has 2 fully saturated rings. The molecule has 35 heavy (non-hydrogen) atoms. The number of benzene rings is 2. The average Bonchev–Trinajstić information content (AvgIpc) is 2.85. The number of hydrogen-bond acceptors (Lipinski definition) is 6. The normalized spacial score (nSPS) is 17.8. The van der Waals surface area contributed by atoms with E-state index in [9.17, 15) is 17.6 Å². The third-order valence-corrected chi connectivity index (χ3v) is 7.96. The molecule has 4 rings (SSSR count). The first-order chi connectivity index (χ1) is 16.8. The van der Waals surface area contributed by atoms with E-state index >= 15 is 0 Å². The van der Waals surface area contributed by atoms with Gasteiger partial charge in [-0.25, -0.2) is 12.8 Å². The fraction of sp³-hybridized carbons (Fsp3) is 0.480. The Morgan fingerprint density at radius 1 is 1.06 bits per heavy atom. The second-order valence-corrected chi connectivity index (χ2v) is 10.9. The molecule has 8 nitrogen and oxygen atoms in total. The van der Waals surface area contributed by atoms with Gasteiger partial charge in [0.25, 0.3) is 15.9 Å². The molecule has 2 aliphatic rings. The summed E-state index contributed by atoms with van der Waals surface area (Å²) in [5.41, 5.74) is 1.51. The first-order valence-corrected chi connectivity index (χ1v) is 13.6. The number of carbonyl (C=O) groups excluding carboxylic acids is 1. The van der Waals surface area contributed by atoms with Crippen LogP contribution >= 0.6 is 0 Å². The van der Waals surface area contributed by atoms with Gasteiger partial charge < -0.3 is 15.0 Å². The van der Waals surface area contributed by atoms with Crippen molar-refractivity contribution in [2.24, 2.45) is 5.92 Å². The predicted molar refractivity (Wildman–Crippen MR) is 134 cm³/mol. The molecule has 0 spiro atoms. The number of anilines is 2. The second kappa shape index (κ2) is 11.4. The Labute approximate surface area is 206 Å². The van der Waals surface area contributed by atoms with E-state index in [0.29, 0.717) is 31.2 Å². The van der Waals surface area contributed by atoms with Gasteiger partial charge in [-0.15, -0.1) is 0 Å². The molecule has 0 saturated carbocycles. The molecule has 0 bridgehead atoms. The zero-order valence-electron chi connectivity index (χ0n) is 20.0. The first kappa shape index (κ1) is 25.4. The molecule has 0 unspecified atom stereocenters. The minimum absolute atomic E-state index is 0.0514. The van der Waals surface area contributed by atoms with Crippen LogP contribution in [0.5, 0.6) is 0 Å². The van der Waals surface area contributed by atoms with Gasteiger partial charge in [-0.2, -0.15) is 0 Å². The van der Waals surface area contributed by atoms with Crippen LogP contribution in [-0.2, 0) is 14.8 Å². The van der Waals surface area contributed by atoms with E-state index in [1.807, 2.05) is 0 Å². The summed E-state index contributed by atoms with van der Waals surface area (Å²) < 4.78 is 46.7. The van der Waals surface area contributed by atoms with Crippen molar-refractivity contribution < 1.29 is 22.3 Å². The molecule has 2 aromatic rings. The van der Waals surface area contributed by atoms with Crippen molar-refractivity contribution in [2.75, 3.05) is 62.1 Å². The third kappa shape index (κ3) is 6.71. The summed E-state index contributed by atoms with van der Waals surface area (Å²) in [6.07, 6.45) is 2.08.